The lowest BCUT2D eigenvalue weighted by Crippen LogP contribution is -2.44. The van der Waals surface area contributed by atoms with Crippen molar-refractivity contribution in [1.29, 1.82) is 0 Å². The van der Waals surface area contributed by atoms with Gasteiger partial charge in [-0.05, 0) is 31.5 Å². The van der Waals surface area contributed by atoms with Gasteiger partial charge in [0.2, 0.25) is 0 Å². The van der Waals surface area contributed by atoms with Crippen molar-refractivity contribution in [2.45, 2.75) is 64.5 Å². The van der Waals surface area contributed by atoms with Gasteiger partial charge in [-0.25, -0.2) is 0 Å². The van der Waals surface area contributed by atoms with Crippen LogP contribution >= 0.6 is 0 Å². The Morgan fingerprint density at radius 3 is 2.47 bits per heavy atom. The summed E-state index contributed by atoms with van der Waals surface area (Å²) in [5, 5.41) is 9.67. The highest BCUT2D eigenvalue weighted by Crippen LogP contribution is 2.38. The minimum absolute atomic E-state index is 0.235. The van der Waals surface area contributed by atoms with Crippen LogP contribution in [0.1, 0.15) is 34.1 Å². The highest BCUT2D eigenvalue weighted by Gasteiger charge is 2.40. The van der Waals surface area contributed by atoms with Crippen LogP contribution in [-0.4, -0.2) is 50.2 Å². The molecule has 0 bridgehead atoms. The molecule has 0 aromatic rings. The van der Waals surface area contributed by atoms with Gasteiger partial charge in [-0.2, -0.15) is 0 Å². The Hall–Kier alpha value is 0.0969. The Balaban J connectivity index is 2.45. The van der Waals surface area contributed by atoms with Crippen LogP contribution in [0.3, 0.4) is 0 Å². The summed E-state index contributed by atoms with van der Waals surface area (Å²) < 4.78 is 6.39. The first-order chi connectivity index (χ1) is 7.62. The van der Waals surface area contributed by atoms with E-state index in [2.05, 4.69) is 38.8 Å². The molecule has 1 aliphatic heterocycles. The maximum Gasteiger partial charge on any atom is 0.192 e. The topological polar surface area (TPSA) is 32.7 Å². The second-order valence-corrected chi connectivity index (χ2v) is 11.7. The molecule has 0 saturated carbocycles. The van der Waals surface area contributed by atoms with E-state index in [4.69, 9.17) is 4.43 Å². The van der Waals surface area contributed by atoms with E-state index < -0.39 is 8.32 Å². The van der Waals surface area contributed by atoms with Crippen LogP contribution in [0.2, 0.25) is 18.1 Å². The van der Waals surface area contributed by atoms with Gasteiger partial charge in [-0.1, -0.05) is 20.8 Å². The van der Waals surface area contributed by atoms with Gasteiger partial charge < -0.3 is 9.53 Å². The number of aliphatic hydroxyl groups is 1. The Morgan fingerprint density at radius 1 is 1.41 bits per heavy atom. The maximum atomic E-state index is 9.39. The fourth-order valence-electron chi connectivity index (χ4n) is 2.03. The lowest BCUT2D eigenvalue weighted by atomic mass is 10.2. The Labute approximate surface area is 107 Å². The number of nitrogens with zero attached hydrogens (tertiary/aromatic N) is 1. The Kier molecular flexibility index (Phi) is 4.80. The zero-order valence-corrected chi connectivity index (χ0v) is 13.3. The number of likely N-dealkylation sites (tertiary alicyclic amines) is 1. The third-order valence-electron chi connectivity index (χ3n) is 4.02. The first-order valence-electron chi connectivity index (χ1n) is 6.70. The molecule has 102 valence electrons. The molecule has 0 spiro atoms. The van der Waals surface area contributed by atoms with Gasteiger partial charge in [-0.15, -0.1) is 0 Å². The highest BCUT2D eigenvalue weighted by molar-refractivity contribution is 6.74. The summed E-state index contributed by atoms with van der Waals surface area (Å²) >= 11 is 0. The zero-order valence-electron chi connectivity index (χ0n) is 12.3. The molecule has 17 heavy (non-hydrogen) atoms. The lowest BCUT2D eigenvalue weighted by molar-refractivity contribution is 0.127. The second-order valence-electron chi connectivity index (χ2n) is 6.90. The fourth-order valence-corrected chi connectivity index (χ4v) is 3.41. The van der Waals surface area contributed by atoms with Gasteiger partial charge >= 0.3 is 0 Å². The number of hydrogen-bond acceptors (Lipinski definition) is 3. The van der Waals surface area contributed by atoms with Crippen LogP contribution < -0.4 is 0 Å². The van der Waals surface area contributed by atoms with E-state index >= 15 is 0 Å². The van der Waals surface area contributed by atoms with Crippen LogP contribution in [-0.2, 0) is 4.43 Å². The Bertz CT molecular complexity index is 248. The first-order valence-corrected chi connectivity index (χ1v) is 9.61. The summed E-state index contributed by atoms with van der Waals surface area (Å²) in [5.74, 6) is 0. The molecule has 3 nitrogen and oxygen atoms in total. The third kappa shape index (κ3) is 4.36. The standard InChI is InChI=1S/C13H29NO2Si/c1-11(15)9-14-8-7-12(10-14)16-17(5,6)13(2,3)4/h11-12,15H,7-10H2,1-6H3/t11?,12-/m0/s1. The van der Waals surface area contributed by atoms with E-state index in [-0.39, 0.29) is 11.1 Å². The number of hydrogen-bond donors (Lipinski definition) is 1. The van der Waals surface area contributed by atoms with E-state index in [0.29, 0.717) is 6.10 Å². The van der Waals surface area contributed by atoms with Crippen molar-refractivity contribution < 1.29 is 9.53 Å². The molecule has 0 aliphatic carbocycles. The van der Waals surface area contributed by atoms with Gasteiger partial charge in [0.05, 0.1) is 12.2 Å². The summed E-state index contributed by atoms with van der Waals surface area (Å²) in [5.41, 5.74) is 0. The van der Waals surface area contributed by atoms with Crippen molar-refractivity contribution in [3.8, 4) is 0 Å². The molecule has 1 saturated heterocycles. The molecule has 0 radical (unpaired) electrons. The van der Waals surface area contributed by atoms with Crippen LogP contribution in [0.4, 0.5) is 0 Å². The van der Waals surface area contributed by atoms with Crippen molar-refractivity contribution in [3.05, 3.63) is 0 Å². The first kappa shape index (κ1) is 15.2. The van der Waals surface area contributed by atoms with Gasteiger partial charge in [0.25, 0.3) is 0 Å². The average Bonchev–Trinajstić information content (AvgIpc) is 2.48. The lowest BCUT2D eigenvalue weighted by Gasteiger charge is -2.38. The molecule has 1 fully saturated rings. The summed E-state index contributed by atoms with van der Waals surface area (Å²) in [6, 6.07) is 0. The maximum absolute atomic E-state index is 9.39. The smallest absolute Gasteiger partial charge is 0.192 e. The minimum Gasteiger partial charge on any atom is -0.413 e. The third-order valence-corrected chi connectivity index (χ3v) is 8.55. The largest absolute Gasteiger partial charge is 0.413 e. The number of β-amino-alcohol motifs (C(OH)–C–C–N with tert-alkyl or cyclic N) is 1. The number of aliphatic hydroxyl groups excluding tert-OH is 1. The van der Waals surface area contributed by atoms with Crippen molar-refractivity contribution in [3.63, 3.8) is 0 Å². The summed E-state index contributed by atoms with van der Waals surface area (Å²) in [6.45, 7) is 16.1. The molecule has 0 aromatic heterocycles. The molecule has 1 unspecified atom stereocenters. The van der Waals surface area contributed by atoms with E-state index in [9.17, 15) is 5.11 Å². The molecule has 4 heteroatoms. The highest BCUT2D eigenvalue weighted by atomic mass is 28.4. The summed E-state index contributed by atoms with van der Waals surface area (Å²) in [4.78, 5) is 2.31. The molecule has 2 atom stereocenters. The predicted molar refractivity (Wildman–Crippen MR) is 74.8 cm³/mol. The van der Waals surface area contributed by atoms with E-state index in [1.165, 1.54) is 0 Å². The molecule has 0 aromatic carbocycles. The minimum atomic E-state index is -1.63. The molecule has 1 heterocycles. The average molecular weight is 259 g/mol. The quantitative estimate of drug-likeness (QED) is 0.787. The van der Waals surface area contributed by atoms with Gasteiger partial charge in [-0.3, -0.25) is 4.90 Å². The number of rotatable bonds is 4. The van der Waals surface area contributed by atoms with Crippen LogP contribution in [0.25, 0.3) is 0 Å². The van der Waals surface area contributed by atoms with Gasteiger partial charge in [0.15, 0.2) is 8.32 Å². The van der Waals surface area contributed by atoms with Crippen LogP contribution in [0.5, 0.6) is 0 Å². The molecule has 0 amide bonds. The predicted octanol–water partition coefficient (Wildman–Crippen LogP) is 2.46. The molecule has 1 rings (SSSR count). The van der Waals surface area contributed by atoms with Crippen molar-refractivity contribution in [2.75, 3.05) is 19.6 Å². The van der Waals surface area contributed by atoms with Crippen molar-refractivity contribution in [1.82, 2.24) is 4.90 Å². The summed E-state index contributed by atoms with van der Waals surface area (Å²) in [7, 11) is -1.63. The Morgan fingerprint density at radius 2 is 2.00 bits per heavy atom. The fraction of sp³-hybridized carbons (Fsp3) is 1.00. The SMILES string of the molecule is CC(O)CN1CC[C@H](O[Si](C)(C)C(C)(C)C)C1. The van der Waals surface area contributed by atoms with Gasteiger partial charge in [0.1, 0.15) is 0 Å². The van der Waals surface area contributed by atoms with Crippen molar-refractivity contribution >= 4 is 8.32 Å². The normalized spacial score (nSPS) is 25.2. The molecule has 1 N–H and O–H groups in total. The molecular weight excluding hydrogens is 230 g/mol. The van der Waals surface area contributed by atoms with E-state index in [1.54, 1.807) is 0 Å². The van der Waals surface area contributed by atoms with Crippen LogP contribution in [0.15, 0.2) is 0 Å². The van der Waals surface area contributed by atoms with E-state index in [1.807, 2.05) is 6.92 Å². The summed E-state index contributed by atoms with van der Waals surface area (Å²) in [6.07, 6.45) is 1.25. The molecule has 1 aliphatic rings. The van der Waals surface area contributed by atoms with E-state index in [0.717, 1.165) is 26.1 Å². The second kappa shape index (κ2) is 5.39. The zero-order chi connectivity index (χ0) is 13.3. The monoisotopic (exact) mass is 259 g/mol. The van der Waals surface area contributed by atoms with Gasteiger partial charge in [0, 0.05) is 19.6 Å². The molecular formula is C13H29NO2Si. The van der Waals surface area contributed by atoms with Crippen molar-refractivity contribution in [2.24, 2.45) is 0 Å². The van der Waals surface area contributed by atoms with Crippen LogP contribution in [0, 0.1) is 0 Å².